The van der Waals surface area contributed by atoms with Crippen molar-refractivity contribution in [1.82, 2.24) is 35.1 Å². The fraction of sp³-hybridized carbons (Fsp3) is 0.359. The average molecular weight is 795 g/mol. The molecule has 1 amide bonds. The number of hydrogen-bond donors (Lipinski definition) is 3. The van der Waals surface area contributed by atoms with Gasteiger partial charge in [0.1, 0.15) is 16.9 Å². The number of rotatable bonds is 13. The van der Waals surface area contributed by atoms with Crippen molar-refractivity contribution < 1.29 is 19.1 Å². The van der Waals surface area contributed by atoms with Crippen LogP contribution < -0.4 is 26.2 Å². The Balaban J connectivity index is 1.28. The molecule has 1 unspecified atom stereocenters. The van der Waals surface area contributed by atoms with Gasteiger partial charge in [-0.25, -0.2) is 9.50 Å². The van der Waals surface area contributed by atoms with Crippen molar-refractivity contribution in [2.45, 2.75) is 71.3 Å². The summed E-state index contributed by atoms with van der Waals surface area (Å²) in [7, 11) is 3.18. The number of aromatic nitrogens is 4. The van der Waals surface area contributed by atoms with Gasteiger partial charge in [0.05, 0.1) is 40.5 Å². The topological polar surface area (TPSA) is 141 Å². The number of hydrogen-bond acceptors (Lipinski definition) is 9. The lowest BCUT2D eigenvalue weighted by molar-refractivity contribution is -0.154. The molecule has 12 nitrogen and oxygen atoms in total. The molecule has 54 heavy (non-hydrogen) atoms. The van der Waals surface area contributed by atoms with Crippen molar-refractivity contribution in [3.8, 4) is 39.4 Å². The molecule has 0 aliphatic carbocycles. The average Bonchev–Trinajstić information content (AvgIpc) is 3.75. The second kappa shape index (κ2) is 16.1. The molecule has 0 bridgehead atoms. The van der Waals surface area contributed by atoms with Crippen molar-refractivity contribution in [3.63, 3.8) is 0 Å². The molecular weight excluding hydrogens is 753 g/mol. The maximum absolute atomic E-state index is 13.5. The molecule has 1 aliphatic heterocycles. The van der Waals surface area contributed by atoms with Crippen LogP contribution in [0.2, 0.25) is 15.1 Å². The molecule has 4 heterocycles. The zero-order valence-corrected chi connectivity index (χ0v) is 33.1. The number of ether oxygens (including phenoxy) is 2. The first-order valence-electron chi connectivity index (χ1n) is 17.5. The van der Waals surface area contributed by atoms with E-state index in [1.807, 2.05) is 36.4 Å². The third-order valence-electron chi connectivity index (χ3n) is 9.35. The number of nitrogens with zero attached hydrogens (tertiary/aromatic N) is 4. The van der Waals surface area contributed by atoms with Gasteiger partial charge in [0.15, 0.2) is 0 Å². The molecular formula is C39H42Cl3N7O5. The number of esters is 1. The fourth-order valence-corrected chi connectivity index (χ4v) is 7.21. The maximum Gasteiger partial charge on any atom is 0.326 e. The summed E-state index contributed by atoms with van der Waals surface area (Å²) in [6.07, 6.45) is 2.81. The summed E-state index contributed by atoms with van der Waals surface area (Å²) in [6, 6.07) is 14.8. The minimum atomic E-state index is -1.00. The Morgan fingerprint density at radius 2 is 1.69 bits per heavy atom. The van der Waals surface area contributed by atoms with Crippen LogP contribution in [0.15, 0.2) is 59.5 Å². The molecule has 1 saturated heterocycles. The summed E-state index contributed by atoms with van der Waals surface area (Å²) in [5, 5.41) is 15.4. The zero-order chi connectivity index (χ0) is 38.9. The first kappa shape index (κ1) is 39.2. The number of methoxy groups -OCH3 is 1. The lowest BCUT2D eigenvalue weighted by atomic mass is 9.97. The second-order valence-electron chi connectivity index (χ2n) is 14.0. The lowest BCUT2D eigenvalue weighted by Gasteiger charge is -2.25. The Hall–Kier alpha value is -4.46. The molecule has 0 radical (unpaired) electrons. The SMILES string of the molecule is COc1nc(-c2cccc(-c3cccc(-c4cc5c(=O)n(C)c(CNC(C)(C)C(=O)OC(C)C)nn5c4)c3Cl)c2Cl)cc(Cl)c1CNCC1CCC(=O)N1. The molecule has 0 spiro atoms. The van der Waals surface area contributed by atoms with Crippen LogP contribution in [0.25, 0.3) is 39.0 Å². The number of carbonyl (C=O) groups excluding carboxylic acids is 2. The smallest absolute Gasteiger partial charge is 0.326 e. The number of pyridine rings is 1. The highest BCUT2D eigenvalue weighted by atomic mass is 35.5. The van der Waals surface area contributed by atoms with E-state index in [1.54, 1.807) is 53.1 Å². The van der Waals surface area contributed by atoms with Gasteiger partial charge in [-0.1, -0.05) is 71.2 Å². The Morgan fingerprint density at radius 3 is 2.33 bits per heavy atom. The standard InChI is InChI=1S/C39H42Cl3N7O5/c1-21(2)54-38(52)39(3,4)44-19-32-47-49-20-22(15-31(49)37(51)48(32)5)24-9-7-10-25(34(24)41)26-11-8-12-27(35(26)42)30-16-29(40)28(36(46-30)53-6)18-43-17-23-13-14-33(50)45-23/h7-12,15-16,20-21,23,43-44H,13-14,17-19H2,1-6H3,(H,45,50). The largest absolute Gasteiger partial charge is 0.481 e. The van der Waals surface area contributed by atoms with Crippen LogP contribution in [0.1, 0.15) is 51.9 Å². The maximum atomic E-state index is 13.5. The summed E-state index contributed by atoms with van der Waals surface area (Å²) >= 11 is 21.0. The third kappa shape index (κ3) is 8.13. The molecule has 5 aromatic rings. The third-order valence-corrected chi connectivity index (χ3v) is 10.5. The van der Waals surface area contributed by atoms with E-state index in [2.05, 4.69) is 16.0 Å². The van der Waals surface area contributed by atoms with Crippen LogP contribution in [0.4, 0.5) is 0 Å². The summed E-state index contributed by atoms with van der Waals surface area (Å²) in [6.45, 7) is 8.17. The lowest BCUT2D eigenvalue weighted by Crippen LogP contribution is -2.48. The molecule has 3 N–H and O–H groups in total. The number of benzene rings is 2. The van der Waals surface area contributed by atoms with Crippen LogP contribution in [-0.2, 0) is 34.5 Å². The van der Waals surface area contributed by atoms with E-state index in [9.17, 15) is 14.4 Å². The molecule has 1 atom stereocenters. The van der Waals surface area contributed by atoms with Crippen LogP contribution in [0, 0.1) is 0 Å². The number of nitrogens with one attached hydrogen (secondary N) is 3. The predicted octanol–water partition coefficient (Wildman–Crippen LogP) is 6.59. The summed E-state index contributed by atoms with van der Waals surface area (Å²) in [4.78, 5) is 42.4. The van der Waals surface area contributed by atoms with Gasteiger partial charge < -0.3 is 20.1 Å². The van der Waals surface area contributed by atoms with E-state index in [1.165, 1.54) is 16.2 Å². The monoisotopic (exact) mass is 793 g/mol. The zero-order valence-electron chi connectivity index (χ0n) is 30.9. The molecule has 2 aromatic carbocycles. The molecule has 1 fully saturated rings. The number of carbonyl (C=O) groups is 2. The van der Waals surface area contributed by atoms with E-state index in [0.717, 1.165) is 6.42 Å². The Kier molecular flexibility index (Phi) is 11.7. The van der Waals surface area contributed by atoms with E-state index in [0.29, 0.717) is 90.9 Å². The molecule has 15 heteroatoms. The van der Waals surface area contributed by atoms with Gasteiger partial charge in [-0.3, -0.25) is 24.3 Å². The van der Waals surface area contributed by atoms with Gasteiger partial charge in [0.2, 0.25) is 11.8 Å². The molecule has 0 saturated carbocycles. The van der Waals surface area contributed by atoms with E-state index < -0.39 is 11.5 Å². The van der Waals surface area contributed by atoms with Crippen LogP contribution in [-0.4, -0.2) is 62.4 Å². The minimum Gasteiger partial charge on any atom is -0.481 e. The highest BCUT2D eigenvalue weighted by Gasteiger charge is 2.30. The van der Waals surface area contributed by atoms with Crippen molar-refractivity contribution in [1.29, 1.82) is 0 Å². The summed E-state index contributed by atoms with van der Waals surface area (Å²) < 4.78 is 14.0. The Bertz CT molecular complexity index is 2300. The van der Waals surface area contributed by atoms with Gasteiger partial charge in [-0.15, -0.1) is 0 Å². The van der Waals surface area contributed by atoms with E-state index in [4.69, 9.17) is 54.4 Å². The minimum absolute atomic E-state index is 0.0609. The molecule has 1 aliphatic rings. The highest BCUT2D eigenvalue weighted by molar-refractivity contribution is 6.39. The summed E-state index contributed by atoms with van der Waals surface area (Å²) in [5.74, 6) is 0.447. The quantitative estimate of drug-likeness (QED) is 0.113. The number of amides is 1. The first-order chi connectivity index (χ1) is 25.7. The molecule has 284 valence electrons. The number of halogens is 3. The van der Waals surface area contributed by atoms with Gasteiger partial charge in [0, 0.05) is 72.2 Å². The van der Waals surface area contributed by atoms with Crippen molar-refractivity contribution in [2.75, 3.05) is 13.7 Å². The number of fused-ring (bicyclic) bond motifs is 1. The predicted molar refractivity (Wildman–Crippen MR) is 211 cm³/mol. The van der Waals surface area contributed by atoms with Crippen LogP contribution in [0.3, 0.4) is 0 Å². The normalized spacial score (nSPS) is 14.6. The Labute approximate surface area is 328 Å². The van der Waals surface area contributed by atoms with Gasteiger partial charge >= 0.3 is 5.97 Å². The highest BCUT2D eigenvalue weighted by Crippen LogP contribution is 2.43. The second-order valence-corrected chi connectivity index (χ2v) is 15.2. The van der Waals surface area contributed by atoms with Crippen LogP contribution in [0.5, 0.6) is 5.88 Å². The van der Waals surface area contributed by atoms with Gasteiger partial charge in [-0.05, 0) is 46.2 Å². The van der Waals surface area contributed by atoms with Crippen molar-refractivity contribution in [2.24, 2.45) is 7.05 Å². The Morgan fingerprint density at radius 1 is 1.02 bits per heavy atom. The van der Waals surface area contributed by atoms with Crippen LogP contribution >= 0.6 is 34.8 Å². The summed E-state index contributed by atoms with van der Waals surface area (Å²) in [5.41, 5.74) is 3.65. The first-order valence-corrected chi connectivity index (χ1v) is 18.7. The fourth-order valence-electron chi connectivity index (χ4n) is 6.30. The van der Waals surface area contributed by atoms with Crippen molar-refractivity contribution in [3.05, 3.63) is 91.5 Å². The van der Waals surface area contributed by atoms with Crippen molar-refractivity contribution >= 4 is 52.2 Å². The van der Waals surface area contributed by atoms with Gasteiger partial charge in [-0.2, -0.15) is 5.10 Å². The molecule has 3 aromatic heterocycles. The van der Waals surface area contributed by atoms with E-state index >= 15 is 0 Å². The van der Waals surface area contributed by atoms with Gasteiger partial charge in [0.25, 0.3) is 5.56 Å². The van der Waals surface area contributed by atoms with E-state index in [-0.39, 0.29) is 30.2 Å². The molecule has 6 rings (SSSR count).